The lowest BCUT2D eigenvalue weighted by Gasteiger charge is -2.39. The number of para-hydroxylation sites is 1. The van der Waals surface area contributed by atoms with Gasteiger partial charge in [0.2, 0.25) is 14.3 Å². The summed E-state index contributed by atoms with van der Waals surface area (Å²) in [6.07, 6.45) is 0.827. The molecule has 5 heterocycles. The van der Waals surface area contributed by atoms with E-state index in [1.54, 1.807) is 22.9 Å². The number of nitrogens with one attached hydrogen (secondary N) is 1. The highest BCUT2D eigenvalue weighted by molar-refractivity contribution is 6.72. The second kappa shape index (κ2) is 14.7. The number of aliphatic hydroxyl groups is 1. The number of rotatable bonds is 8. The zero-order valence-corrected chi connectivity index (χ0v) is 34.4. The Morgan fingerprint density at radius 1 is 0.897 bits per heavy atom. The van der Waals surface area contributed by atoms with Crippen molar-refractivity contribution in [2.75, 3.05) is 41.1 Å². The smallest absolute Gasteiger partial charge is 0.264 e. The van der Waals surface area contributed by atoms with Gasteiger partial charge in [0.15, 0.2) is 5.60 Å². The average Bonchev–Trinajstić information content (AvgIpc) is 3.78. The van der Waals surface area contributed by atoms with Crippen molar-refractivity contribution in [2.24, 2.45) is 5.92 Å². The van der Waals surface area contributed by atoms with Crippen LogP contribution >= 0.6 is 0 Å². The van der Waals surface area contributed by atoms with Gasteiger partial charge in [-0.05, 0) is 92.5 Å². The first-order valence-corrected chi connectivity index (χ1v) is 23.6. The summed E-state index contributed by atoms with van der Waals surface area (Å²) in [5, 5.41) is 13.8. The number of piperidine rings is 1. The standard InChI is InChI=1S/C46H52FN5O5Si/c1-31-42(58(2,3)47)40(26-41(54)49-28-34-15-11-10-14-33(34)24-37(49)29-53)57-46(31)38-25-36(18-19-39(38)50(44(46)56)27-32-12-6-4-7-13-32)51-30-52(35-16-8-5-9-17-35)45(43(51)55)20-22-48-23-21-45/h4-19,25,31,37,40,42,48,53H,20-24,26-30H2,1-3H3/t31-,37+,40+,42-,46+/m1/s1. The van der Waals surface area contributed by atoms with Crippen molar-refractivity contribution in [1.82, 2.24) is 10.2 Å². The van der Waals surface area contributed by atoms with Crippen LogP contribution in [0.25, 0.3) is 0 Å². The van der Waals surface area contributed by atoms with Crippen LogP contribution in [-0.4, -0.2) is 80.2 Å². The van der Waals surface area contributed by atoms with E-state index in [0.29, 0.717) is 49.4 Å². The predicted molar refractivity (Wildman–Crippen MR) is 224 cm³/mol. The first kappa shape index (κ1) is 38.6. The minimum atomic E-state index is -3.61. The Morgan fingerprint density at radius 3 is 2.26 bits per heavy atom. The SMILES string of the molecule is C[C@@H]1[C@@H]([Si](C)(C)F)[C@H](CC(=O)N2Cc3ccccc3C[C@H]2CO)O[C@@]12C(=O)N(Cc1ccccc1)c1ccc(N3CN(c4ccccc4)C4(CCNCC4)C3=O)cc12. The molecule has 0 radical (unpaired) electrons. The summed E-state index contributed by atoms with van der Waals surface area (Å²) >= 11 is 0. The zero-order chi connectivity index (χ0) is 40.4. The zero-order valence-electron chi connectivity index (χ0n) is 33.4. The van der Waals surface area contributed by atoms with E-state index in [-0.39, 0.29) is 37.3 Å². The second-order valence-electron chi connectivity index (χ2n) is 17.3. The topological polar surface area (TPSA) is 106 Å². The van der Waals surface area contributed by atoms with Crippen LogP contribution in [0.15, 0.2) is 103 Å². The van der Waals surface area contributed by atoms with E-state index in [2.05, 4.69) is 10.2 Å². The highest BCUT2D eigenvalue weighted by atomic mass is 28.4. The van der Waals surface area contributed by atoms with Crippen molar-refractivity contribution in [3.8, 4) is 0 Å². The molecule has 0 bridgehead atoms. The summed E-state index contributed by atoms with van der Waals surface area (Å²) in [5.74, 6) is -1.14. The number of hydrogen-bond acceptors (Lipinski definition) is 7. The van der Waals surface area contributed by atoms with E-state index in [4.69, 9.17) is 4.74 Å². The fourth-order valence-corrected chi connectivity index (χ4v) is 13.3. The summed E-state index contributed by atoms with van der Waals surface area (Å²) in [6, 6.07) is 33.1. The normalized spacial score (nSPS) is 26.5. The quantitative estimate of drug-likeness (QED) is 0.160. The summed E-state index contributed by atoms with van der Waals surface area (Å²) in [5.41, 5.74) is 2.91. The molecular formula is C46H52FN5O5Si. The van der Waals surface area contributed by atoms with Crippen LogP contribution in [0.3, 0.4) is 0 Å². The summed E-state index contributed by atoms with van der Waals surface area (Å²) in [4.78, 5) is 51.9. The second-order valence-corrected chi connectivity index (χ2v) is 21.1. The number of aliphatic hydroxyl groups excluding tert-OH is 1. The van der Waals surface area contributed by atoms with Gasteiger partial charge < -0.3 is 34.0 Å². The van der Waals surface area contributed by atoms with Crippen LogP contribution in [0.4, 0.5) is 21.2 Å². The van der Waals surface area contributed by atoms with Gasteiger partial charge in [-0.3, -0.25) is 19.3 Å². The van der Waals surface area contributed by atoms with Gasteiger partial charge in [-0.15, -0.1) is 0 Å². The Morgan fingerprint density at radius 2 is 1.57 bits per heavy atom. The number of amides is 3. The van der Waals surface area contributed by atoms with Gasteiger partial charge in [-0.25, -0.2) is 0 Å². The van der Waals surface area contributed by atoms with Crippen molar-refractivity contribution in [3.05, 3.63) is 125 Å². The molecule has 58 heavy (non-hydrogen) atoms. The van der Waals surface area contributed by atoms with Gasteiger partial charge in [-0.2, -0.15) is 0 Å². The molecule has 2 spiro atoms. The molecule has 5 aliphatic heterocycles. The van der Waals surface area contributed by atoms with Crippen LogP contribution in [-0.2, 0) is 44.2 Å². The molecule has 5 atom stereocenters. The van der Waals surface area contributed by atoms with Gasteiger partial charge in [0, 0.05) is 34.9 Å². The Labute approximate surface area is 340 Å². The molecule has 302 valence electrons. The van der Waals surface area contributed by atoms with E-state index in [1.807, 2.05) is 115 Å². The van der Waals surface area contributed by atoms with Crippen LogP contribution in [0.2, 0.25) is 18.6 Å². The molecular weight excluding hydrogens is 750 g/mol. The van der Waals surface area contributed by atoms with Crippen molar-refractivity contribution in [1.29, 1.82) is 0 Å². The number of anilines is 3. The van der Waals surface area contributed by atoms with Gasteiger partial charge in [0.1, 0.15) is 5.54 Å². The molecule has 9 rings (SSSR count). The first-order valence-electron chi connectivity index (χ1n) is 20.7. The number of hydrogen-bond donors (Lipinski definition) is 2. The number of carbonyl (C=O) groups excluding carboxylic acids is 3. The van der Waals surface area contributed by atoms with Gasteiger partial charge in [0.05, 0.1) is 44.1 Å². The van der Waals surface area contributed by atoms with Crippen LogP contribution in [0.1, 0.15) is 48.4 Å². The van der Waals surface area contributed by atoms with Crippen LogP contribution in [0, 0.1) is 5.92 Å². The van der Waals surface area contributed by atoms with Gasteiger partial charge >= 0.3 is 0 Å². The van der Waals surface area contributed by atoms with Crippen molar-refractivity contribution < 1.29 is 28.3 Å². The molecule has 5 aliphatic rings. The minimum Gasteiger partial charge on any atom is -0.394 e. The van der Waals surface area contributed by atoms with Crippen LogP contribution < -0.4 is 20.0 Å². The summed E-state index contributed by atoms with van der Waals surface area (Å²) in [7, 11) is -3.61. The molecule has 0 saturated carbocycles. The first-order chi connectivity index (χ1) is 28.0. The lowest BCUT2D eigenvalue weighted by molar-refractivity contribution is -0.151. The molecule has 2 N–H and O–H groups in total. The fraction of sp³-hybridized carbons (Fsp3) is 0.413. The lowest BCUT2D eigenvalue weighted by Crippen LogP contribution is -2.55. The summed E-state index contributed by atoms with van der Waals surface area (Å²) in [6.45, 7) is 7.37. The number of fused-ring (bicyclic) bond motifs is 3. The Hall–Kier alpha value is -4.88. The highest BCUT2D eigenvalue weighted by Gasteiger charge is 2.67. The Balaban J connectivity index is 1.11. The maximum atomic E-state index is 16.9. The highest BCUT2D eigenvalue weighted by Crippen LogP contribution is 2.61. The third-order valence-electron chi connectivity index (χ3n) is 13.6. The molecule has 0 aromatic heterocycles. The number of nitrogens with zero attached hydrogens (tertiary/aromatic N) is 4. The van der Waals surface area contributed by atoms with E-state index in [1.165, 1.54) is 0 Å². The molecule has 10 nitrogen and oxygen atoms in total. The van der Waals surface area contributed by atoms with E-state index in [9.17, 15) is 14.7 Å². The van der Waals surface area contributed by atoms with Crippen molar-refractivity contribution >= 4 is 43.2 Å². The third-order valence-corrected chi connectivity index (χ3v) is 16.1. The molecule has 0 unspecified atom stereocenters. The molecule has 12 heteroatoms. The molecule has 4 aromatic carbocycles. The fourth-order valence-electron chi connectivity index (χ4n) is 10.8. The molecule has 0 aliphatic carbocycles. The van der Waals surface area contributed by atoms with Gasteiger partial charge in [0.25, 0.3) is 11.8 Å². The minimum absolute atomic E-state index is 0.0119. The van der Waals surface area contributed by atoms with Crippen molar-refractivity contribution in [2.45, 2.75) is 87.6 Å². The monoisotopic (exact) mass is 801 g/mol. The maximum absolute atomic E-state index is 16.9. The van der Waals surface area contributed by atoms with Crippen LogP contribution in [0.5, 0.6) is 0 Å². The average molecular weight is 802 g/mol. The largest absolute Gasteiger partial charge is 0.394 e. The van der Waals surface area contributed by atoms with E-state index < -0.39 is 43.2 Å². The maximum Gasteiger partial charge on any atom is 0.264 e. The predicted octanol–water partition coefficient (Wildman–Crippen LogP) is 6.28. The molecule has 4 aromatic rings. The summed E-state index contributed by atoms with van der Waals surface area (Å²) < 4.78 is 24.0. The lowest BCUT2D eigenvalue weighted by atomic mass is 9.82. The van der Waals surface area contributed by atoms with E-state index in [0.717, 1.165) is 35.5 Å². The molecule has 3 fully saturated rings. The molecule has 3 amide bonds. The molecule has 3 saturated heterocycles. The van der Waals surface area contributed by atoms with E-state index >= 15 is 8.90 Å². The third kappa shape index (κ3) is 6.18. The Bertz CT molecular complexity index is 2210. The number of ether oxygens (including phenoxy) is 1. The van der Waals surface area contributed by atoms with Crippen molar-refractivity contribution in [3.63, 3.8) is 0 Å². The number of halogens is 1. The number of carbonyl (C=O) groups is 3. The van der Waals surface area contributed by atoms with Gasteiger partial charge in [-0.1, -0.05) is 79.7 Å². The number of benzene rings is 4. The Kier molecular flexibility index (Phi) is 9.82.